The van der Waals surface area contributed by atoms with Gasteiger partial charge >= 0.3 is 0 Å². The summed E-state index contributed by atoms with van der Waals surface area (Å²) in [7, 11) is 0. The number of aromatic nitrogens is 1. The van der Waals surface area contributed by atoms with Crippen molar-refractivity contribution in [3.63, 3.8) is 0 Å². The summed E-state index contributed by atoms with van der Waals surface area (Å²) in [6, 6.07) is 5.54. The van der Waals surface area contributed by atoms with Gasteiger partial charge in [0, 0.05) is 12.4 Å². The van der Waals surface area contributed by atoms with Gasteiger partial charge in [0.25, 0.3) is 0 Å². The lowest BCUT2D eigenvalue weighted by atomic mass is 10.2. The summed E-state index contributed by atoms with van der Waals surface area (Å²) in [4.78, 5) is 3.82. The molecule has 0 aliphatic heterocycles. The average Bonchev–Trinajstić information content (AvgIpc) is 1.91. The lowest BCUT2D eigenvalue weighted by molar-refractivity contribution is 1.29. The highest BCUT2D eigenvalue weighted by atomic mass is 14.6. The van der Waals surface area contributed by atoms with Crippen LogP contribution in [0.2, 0.25) is 0 Å². The second kappa shape index (κ2) is 2.83. The van der Waals surface area contributed by atoms with Gasteiger partial charge in [-0.3, -0.25) is 4.98 Å². The third-order valence-electron chi connectivity index (χ3n) is 0.916. The first-order chi connectivity index (χ1) is 4.43. The van der Waals surface area contributed by atoms with Gasteiger partial charge in [0.15, 0.2) is 0 Å². The Balaban J connectivity index is 2.76. The Hall–Kier alpha value is -1.36. The molecule has 0 unspecified atom stereocenters. The van der Waals surface area contributed by atoms with Crippen molar-refractivity contribution in [2.24, 2.45) is 0 Å². The predicted molar refractivity (Wildman–Crippen MR) is 33.3 cm³/mol. The molecule has 1 heterocycles. The van der Waals surface area contributed by atoms with E-state index in [1.165, 1.54) is 6.42 Å². The molecule has 0 aliphatic carbocycles. The van der Waals surface area contributed by atoms with E-state index in [1.807, 2.05) is 12.1 Å². The summed E-state index contributed by atoms with van der Waals surface area (Å²) < 4.78 is 0. The maximum atomic E-state index is 8.19. The Kier molecular flexibility index (Phi) is 1.81. The van der Waals surface area contributed by atoms with Gasteiger partial charge in [-0.15, -0.1) is 0 Å². The molecule has 1 aromatic heterocycles. The van der Waals surface area contributed by atoms with Crippen molar-refractivity contribution in [3.05, 3.63) is 36.5 Å². The zero-order valence-electron chi connectivity index (χ0n) is 4.78. The summed E-state index contributed by atoms with van der Waals surface area (Å²) in [5.74, 6) is 0. The van der Waals surface area contributed by atoms with Crippen LogP contribution in [0.1, 0.15) is 5.56 Å². The molecule has 1 rings (SSSR count). The lowest BCUT2D eigenvalue weighted by Crippen LogP contribution is -1.77. The van der Waals surface area contributed by atoms with Crippen LogP contribution in [0.25, 0.3) is 0 Å². The maximum absolute atomic E-state index is 8.19. The fraction of sp³-hybridized carbons (Fsp3) is 0. The molecule has 0 amide bonds. The van der Waals surface area contributed by atoms with Crippen LogP contribution >= 0.6 is 0 Å². The third-order valence-corrected chi connectivity index (χ3v) is 0.916. The van der Waals surface area contributed by atoms with Gasteiger partial charge in [0.05, 0.1) is 12.5 Å². The largest absolute Gasteiger partial charge is 0.264 e. The second-order valence-corrected chi connectivity index (χ2v) is 1.56. The molecule has 0 bridgehead atoms. The molecule has 2 heteroatoms. The maximum Gasteiger partial charge on any atom is 0.0927 e. The molecule has 0 saturated heterocycles. The first kappa shape index (κ1) is 5.77. The zero-order chi connectivity index (χ0) is 6.53. The molecule has 1 aromatic rings. The quantitative estimate of drug-likeness (QED) is 0.553. The van der Waals surface area contributed by atoms with Gasteiger partial charge < -0.3 is 0 Å². The highest BCUT2D eigenvalue weighted by Gasteiger charge is 1.86. The van der Waals surface area contributed by atoms with Gasteiger partial charge in [-0.25, -0.2) is 0 Å². The standard InChI is InChI=1S/C7H5N2/c8-4-3-7-2-1-5-9-6-7/h1-3,5-6H. The molecule has 0 aliphatic rings. The van der Waals surface area contributed by atoms with Crippen LogP contribution in [-0.2, 0) is 0 Å². The Bertz CT molecular complexity index is 210. The van der Waals surface area contributed by atoms with Crippen molar-refractivity contribution >= 4 is 0 Å². The Morgan fingerprint density at radius 1 is 1.67 bits per heavy atom. The number of hydrogen-bond donors (Lipinski definition) is 0. The van der Waals surface area contributed by atoms with Crippen LogP contribution in [0.3, 0.4) is 0 Å². The second-order valence-electron chi connectivity index (χ2n) is 1.56. The van der Waals surface area contributed by atoms with Crippen molar-refractivity contribution in [2.45, 2.75) is 0 Å². The predicted octanol–water partition coefficient (Wildman–Crippen LogP) is 1.16. The van der Waals surface area contributed by atoms with E-state index in [2.05, 4.69) is 4.98 Å². The first-order valence-electron chi connectivity index (χ1n) is 2.56. The van der Waals surface area contributed by atoms with Gasteiger partial charge in [0.1, 0.15) is 0 Å². The Morgan fingerprint density at radius 2 is 2.56 bits per heavy atom. The molecule has 0 saturated carbocycles. The molecular formula is C7H5N2. The van der Waals surface area contributed by atoms with Gasteiger partial charge in [0.2, 0.25) is 0 Å². The Morgan fingerprint density at radius 3 is 3.11 bits per heavy atom. The van der Waals surface area contributed by atoms with Crippen LogP contribution in [0.5, 0.6) is 0 Å². The smallest absolute Gasteiger partial charge is 0.0927 e. The molecule has 0 spiro atoms. The van der Waals surface area contributed by atoms with Crippen LogP contribution in [0.15, 0.2) is 24.5 Å². The van der Waals surface area contributed by atoms with E-state index < -0.39 is 0 Å². The molecule has 43 valence electrons. The molecule has 0 N–H and O–H groups in total. The minimum atomic E-state index is 0.847. The van der Waals surface area contributed by atoms with Crippen molar-refractivity contribution in [1.29, 1.82) is 5.26 Å². The van der Waals surface area contributed by atoms with Crippen molar-refractivity contribution in [2.75, 3.05) is 0 Å². The number of hydrogen-bond acceptors (Lipinski definition) is 2. The zero-order valence-corrected chi connectivity index (χ0v) is 4.78. The van der Waals surface area contributed by atoms with Gasteiger partial charge in [-0.1, -0.05) is 6.07 Å². The van der Waals surface area contributed by atoms with Gasteiger partial charge in [-0.2, -0.15) is 5.26 Å². The van der Waals surface area contributed by atoms with Crippen LogP contribution < -0.4 is 0 Å². The molecule has 0 fully saturated rings. The van der Waals surface area contributed by atoms with Crippen molar-refractivity contribution in [1.82, 2.24) is 4.98 Å². The van der Waals surface area contributed by atoms with Crippen LogP contribution in [0, 0.1) is 17.8 Å². The number of rotatable bonds is 1. The summed E-state index contributed by atoms with van der Waals surface area (Å²) in [5.41, 5.74) is 0.847. The summed E-state index contributed by atoms with van der Waals surface area (Å²) in [5, 5.41) is 8.19. The van der Waals surface area contributed by atoms with E-state index in [-0.39, 0.29) is 0 Å². The highest BCUT2D eigenvalue weighted by molar-refractivity contribution is 5.25. The summed E-state index contributed by atoms with van der Waals surface area (Å²) in [6.45, 7) is 0. The SMILES string of the molecule is N#C[CH]c1cccnc1. The van der Waals surface area contributed by atoms with E-state index in [0.29, 0.717) is 0 Å². The minimum absolute atomic E-state index is 0.847. The topological polar surface area (TPSA) is 36.7 Å². The van der Waals surface area contributed by atoms with Crippen LogP contribution in [0.4, 0.5) is 0 Å². The fourth-order valence-corrected chi connectivity index (χ4v) is 0.536. The number of nitriles is 1. The number of pyridine rings is 1. The summed E-state index contributed by atoms with van der Waals surface area (Å²) >= 11 is 0. The third kappa shape index (κ3) is 1.54. The minimum Gasteiger partial charge on any atom is -0.264 e. The molecule has 0 aromatic carbocycles. The van der Waals surface area contributed by atoms with Gasteiger partial charge in [-0.05, 0) is 11.6 Å². The van der Waals surface area contributed by atoms with E-state index in [0.717, 1.165) is 5.56 Å². The van der Waals surface area contributed by atoms with E-state index in [9.17, 15) is 0 Å². The first-order valence-corrected chi connectivity index (χ1v) is 2.56. The highest BCUT2D eigenvalue weighted by Crippen LogP contribution is 1.96. The van der Waals surface area contributed by atoms with E-state index in [1.54, 1.807) is 18.5 Å². The number of nitrogens with zero attached hydrogens (tertiary/aromatic N) is 2. The summed E-state index contributed by atoms with van der Waals surface area (Å²) in [6.07, 6.45) is 4.77. The van der Waals surface area contributed by atoms with Crippen molar-refractivity contribution < 1.29 is 0 Å². The lowest BCUT2D eigenvalue weighted by Gasteiger charge is -1.86. The van der Waals surface area contributed by atoms with E-state index in [4.69, 9.17) is 5.26 Å². The Labute approximate surface area is 53.8 Å². The van der Waals surface area contributed by atoms with Crippen molar-refractivity contribution in [3.8, 4) is 6.07 Å². The molecule has 0 atom stereocenters. The molecule has 9 heavy (non-hydrogen) atoms. The normalized spacial score (nSPS) is 8.33. The molecular weight excluding hydrogens is 112 g/mol. The van der Waals surface area contributed by atoms with E-state index >= 15 is 0 Å². The molecule has 2 nitrogen and oxygen atoms in total. The average molecular weight is 117 g/mol. The van der Waals surface area contributed by atoms with Crippen LogP contribution in [-0.4, -0.2) is 4.98 Å². The fourth-order valence-electron chi connectivity index (χ4n) is 0.536. The molecule has 1 radical (unpaired) electrons. The monoisotopic (exact) mass is 117 g/mol.